The van der Waals surface area contributed by atoms with Crippen molar-refractivity contribution in [2.24, 2.45) is 4.99 Å². The molecule has 2 aromatic rings. The van der Waals surface area contributed by atoms with Crippen molar-refractivity contribution in [1.82, 2.24) is 5.32 Å². The molecule has 3 rings (SSSR count). The highest BCUT2D eigenvalue weighted by Gasteiger charge is 2.20. The van der Waals surface area contributed by atoms with E-state index >= 15 is 0 Å². The van der Waals surface area contributed by atoms with E-state index in [-0.39, 0.29) is 5.91 Å². The van der Waals surface area contributed by atoms with Gasteiger partial charge in [0.05, 0.1) is 0 Å². The third-order valence-corrected chi connectivity index (χ3v) is 3.12. The van der Waals surface area contributed by atoms with Gasteiger partial charge in [-0.3, -0.25) is 4.79 Å². The zero-order valence-corrected chi connectivity index (χ0v) is 11.1. The fourth-order valence-corrected chi connectivity index (χ4v) is 2.02. The van der Waals surface area contributed by atoms with Crippen LogP contribution in [-0.2, 0) is 4.79 Å². The molecule has 20 heavy (non-hydrogen) atoms. The SMILES string of the molecule is Cc1ccc(/C=C2/N=C(c3ccccc3)NC2=O)cc1. The minimum Gasteiger partial charge on any atom is -0.305 e. The molecule has 1 N–H and O–H groups in total. The zero-order valence-electron chi connectivity index (χ0n) is 11.1. The number of hydrogen-bond acceptors (Lipinski definition) is 2. The number of rotatable bonds is 2. The van der Waals surface area contributed by atoms with Gasteiger partial charge in [-0.05, 0) is 18.6 Å². The van der Waals surface area contributed by atoms with Gasteiger partial charge in [-0.25, -0.2) is 4.99 Å². The van der Waals surface area contributed by atoms with Crippen LogP contribution in [-0.4, -0.2) is 11.7 Å². The van der Waals surface area contributed by atoms with Crippen LogP contribution in [0.1, 0.15) is 16.7 Å². The van der Waals surface area contributed by atoms with Crippen LogP contribution >= 0.6 is 0 Å². The monoisotopic (exact) mass is 262 g/mol. The molecule has 1 aliphatic heterocycles. The molecule has 98 valence electrons. The molecule has 3 nitrogen and oxygen atoms in total. The fraction of sp³-hybridized carbons (Fsp3) is 0.0588. The Balaban J connectivity index is 1.92. The van der Waals surface area contributed by atoms with Gasteiger partial charge in [0.1, 0.15) is 11.5 Å². The lowest BCUT2D eigenvalue weighted by atomic mass is 10.1. The lowest BCUT2D eigenvalue weighted by Gasteiger charge is -1.98. The topological polar surface area (TPSA) is 41.5 Å². The molecule has 0 aromatic heterocycles. The Hall–Kier alpha value is -2.68. The second-order valence-electron chi connectivity index (χ2n) is 4.72. The number of benzene rings is 2. The van der Waals surface area contributed by atoms with E-state index in [0.29, 0.717) is 11.5 Å². The maximum atomic E-state index is 11.9. The normalized spacial score (nSPS) is 16.1. The van der Waals surface area contributed by atoms with Gasteiger partial charge in [0.25, 0.3) is 5.91 Å². The van der Waals surface area contributed by atoms with E-state index in [1.54, 1.807) is 6.08 Å². The summed E-state index contributed by atoms with van der Waals surface area (Å²) in [6.45, 7) is 2.03. The van der Waals surface area contributed by atoms with Crippen molar-refractivity contribution < 1.29 is 4.79 Å². The molecule has 0 atom stereocenters. The van der Waals surface area contributed by atoms with Crippen molar-refractivity contribution in [3.05, 3.63) is 77.0 Å². The predicted octanol–water partition coefficient (Wildman–Crippen LogP) is 2.91. The number of aliphatic imine (C=N–C) groups is 1. The van der Waals surface area contributed by atoms with Crippen molar-refractivity contribution in [3.63, 3.8) is 0 Å². The summed E-state index contributed by atoms with van der Waals surface area (Å²) in [5, 5.41) is 2.79. The molecule has 0 fully saturated rings. The Morgan fingerprint density at radius 3 is 2.40 bits per heavy atom. The molecule has 0 unspecified atom stereocenters. The third kappa shape index (κ3) is 2.52. The maximum Gasteiger partial charge on any atom is 0.275 e. The van der Waals surface area contributed by atoms with E-state index in [9.17, 15) is 4.79 Å². The summed E-state index contributed by atoms with van der Waals surface area (Å²) < 4.78 is 0. The molecule has 0 radical (unpaired) electrons. The average molecular weight is 262 g/mol. The lowest BCUT2D eigenvalue weighted by molar-refractivity contribution is -0.115. The van der Waals surface area contributed by atoms with Crippen molar-refractivity contribution in [2.45, 2.75) is 6.92 Å². The Morgan fingerprint density at radius 1 is 1.00 bits per heavy atom. The molecule has 0 aliphatic carbocycles. The Morgan fingerprint density at radius 2 is 1.70 bits per heavy atom. The molecular weight excluding hydrogens is 248 g/mol. The molecule has 0 saturated carbocycles. The van der Waals surface area contributed by atoms with Crippen molar-refractivity contribution in [2.75, 3.05) is 0 Å². The number of hydrogen-bond donors (Lipinski definition) is 1. The Bertz CT molecular complexity index is 698. The molecule has 1 amide bonds. The standard InChI is InChI=1S/C17H14N2O/c1-12-7-9-13(10-8-12)11-15-17(20)19-16(18-15)14-5-3-2-4-6-14/h2-11H,1H3,(H,18,19,20)/b15-11+. The van der Waals surface area contributed by atoms with Crippen LogP contribution in [0.5, 0.6) is 0 Å². The van der Waals surface area contributed by atoms with E-state index in [1.165, 1.54) is 5.56 Å². The summed E-state index contributed by atoms with van der Waals surface area (Å²) in [5.41, 5.74) is 3.51. The minimum absolute atomic E-state index is 0.163. The van der Waals surface area contributed by atoms with E-state index in [1.807, 2.05) is 61.5 Å². The van der Waals surface area contributed by atoms with Gasteiger partial charge in [-0.1, -0.05) is 60.2 Å². The smallest absolute Gasteiger partial charge is 0.275 e. The zero-order chi connectivity index (χ0) is 13.9. The first-order valence-electron chi connectivity index (χ1n) is 6.46. The van der Waals surface area contributed by atoms with Crippen molar-refractivity contribution in [3.8, 4) is 0 Å². The number of amides is 1. The number of aryl methyl sites for hydroxylation is 1. The summed E-state index contributed by atoms with van der Waals surface area (Å²) in [6.07, 6.45) is 1.80. The van der Waals surface area contributed by atoms with Gasteiger partial charge >= 0.3 is 0 Å². The Kier molecular flexibility index (Phi) is 3.17. The predicted molar refractivity (Wildman–Crippen MR) is 80.3 cm³/mol. The molecule has 1 aliphatic rings. The molecule has 0 saturated heterocycles. The van der Waals surface area contributed by atoms with Gasteiger partial charge in [0, 0.05) is 5.56 Å². The van der Waals surface area contributed by atoms with Gasteiger partial charge < -0.3 is 5.32 Å². The van der Waals surface area contributed by atoms with Gasteiger partial charge in [-0.15, -0.1) is 0 Å². The van der Waals surface area contributed by atoms with E-state index in [0.717, 1.165) is 11.1 Å². The van der Waals surface area contributed by atoms with Crippen LogP contribution in [0.15, 0.2) is 65.3 Å². The first kappa shape index (κ1) is 12.4. The van der Waals surface area contributed by atoms with E-state index in [2.05, 4.69) is 10.3 Å². The summed E-state index contributed by atoms with van der Waals surface area (Å²) in [6, 6.07) is 17.6. The molecule has 1 heterocycles. The number of nitrogens with one attached hydrogen (secondary N) is 1. The number of nitrogens with zero attached hydrogens (tertiary/aromatic N) is 1. The van der Waals surface area contributed by atoms with Crippen LogP contribution in [0.25, 0.3) is 6.08 Å². The van der Waals surface area contributed by atoms with Crippen LogP contribution in [0.4, 0.5) is 0 Å². The van der Waals surface area contributed by atoms with Crippen molar-refractivity contribution in [1.29, 1.82) is 0 Å². The second kappa shape index (κ2) is 5.13. The third-order valence-electron chi connectivity index (χ3n) is 3.12. The molecule has 0 spiro atoms. The van der Waals surface area contributed by atoms with Crippen LogP contribution in [0.3, 0.4) is 0 Å². The highest BCUT2D eigenvalue weighted by Crippen LogP contribution is 2.15. The minimum atomic E-state index is -0.163. The summed E-state index contributed by atoms with van der Waals surface area (Å²) >= 11 is 0. The highest BCUT2D eigenvalue weighted by atomic mass is 16.2. The largest absolute Gasteiger partial charge is 0.305 e. The second-order valence-corrected chi connectivity index (χ2v) is 4.72. The lowest BCUT2D eigenvalue weighted by Crippen LogP contribution is -2.24. The molecular formula is C17H14N2O. The molecule has 0 bridgehead atoms. The first-order chi connectivity index (χ1) is 9.72. The summed E-state index contributed by atoms with van der Waals surface area (Å²) in [4.78, 5) is 16.3. The number of carbonyl (C=O) groups excluding carboxylic acids is 1. The van der Waals surface area contributed by atoms with Crippen molar-refractivity contribution >= 4 is 17.8 Å². The van der Waals surface area contributed by atoms with Crippen LogP contribution in [0.2, 0.25) is 0 Å². The van der Waals surface area contributed by atoms with Gasteiger partial charge in [0.15, 0.2) is 0 Å². The summed E-state index contributed by atoms with van der Waals surface area (Å²) in [5.74, 6) is 0.443. The Labute approximate surface area is 117 Å². The number of amidine groups is 1. The number of carbonyl (C=O) groups is 1. The fourth-order valence-electron chi connectivity index (χ4n) is 2.02. The molecule has 2 aromatic carbocycles. The summed E-state index contributed by atoms with van der Waals surface area (Å²) in [7, 11) is 0. The van der Waals surface area contributed by atoms with Crippen LogP contribution in [0, 0.1) is 6.92 Å². The van der Waals surface area contributed by atoms with Crippen LogP contribution < -0.4 is 5.32 Å². The van der Waals surface area contributed by atoms with Gasteiger partial charge in [0.2, 0.25) is 0 Å². The average Bonchev–Trinajstić information content (AvgIpc) is 2.84. The maximum absolute atomic E-state index is 11.9. The highest BCUT2D eigenvalue weighted by molar-refractivity contribution is 6.19. The van der Waals surface area contributed by atoms with E-state index in [4.69, 9.17) is 0 Å². The molecule has 3 heteroatoms. The van der Waals surface area contributed by atoms with Gasteiger partial charge in [-0.2, -0.15) is 0 Å². The quantitative estimate of drug-likeness (QED) is 0.831. The first-order valence-corrected chi connectivity index (χ1v) is 6.46. The van der Waals surface area contributed by atoms with E-state index < -0.39 is 0 Å².